The highest BCUT2D eigenvalue weighted by Crippen LogP contribution is 2.21. The van der Waals surface area contributed by atoms with Crippen molar-refractivity contribution < 1.29 is 18.3 Å². The summed E-state index contributed by atoms with van der Waals surface area (Å²) in [6.07, 6.45) is 2.13. The third-order valence-electron chi connectivity index (χ3n) is 3.80. The number of pyridine rings is 1. The van der Waals surface area contributed by atoms with Gasteiger partial charge in [-0.2, -0.15) is 0 Å². The van der Waals surface area contributed by atoms with Gasteiger partial charge < -0.3 is 15.0 Å². The first-order chi connectivity index (χ1) is 11.5. The molecule has 1 saturated heterocycles. The minimum Gasteiger partial charge on any atom is -0.472 e. The van der Waals surface area contributed by atoms with Crippen molar-refractivity contribution in [1.29, 1.82) is 0 Å². The van der Waals surface area contributed by atoms with Crippen LogP contribution >= 0.6 is 0 Å². The summed E-state index contributed by atoms with van der Waals surface area (Å²) < 4.78 is 32.9. The van der Waals surface area contributed by atoms with Gasteiger partial charge in [-0.05, 0) is 24.6 Å². The Morgan fingerprint density at radius 1 is 1.29 bits per heavy atom. The van der Waals surface area contributed by atoms with Crippen molar-refractivity contribution >= 4 is 11.7 Å². The van der Waals surface area contributed by atoms with Crippen LogP contribution in [-0.4, -0.2) is 35.1 Å². The van der Waals surface area contributed by atoms with Crippen molar-refractivity contribution in [2.45, 2.75) is 19.4 Å². The maximum atomic E-state index is 13.6. The normalized spacial score (nSPS) is 17.0. The zero-order valence-corrected chi connectivity index (χ0v) is 13.1. The van der Waals surface area contributed by atoms with E-state index in [0.717, 1.165) is 17.7 Å². The fraction of sp³-hybridized carbons (Fsp3) is 0.294. The number of carbonyl (C=O) groups excluding carboxylic acids is 1. The molecule has 1 aromatic heterocycles. The van der Waals surface area contributed by atoms with E-state index in [0.29, 0.717) is 25.4 Å². The zero-order chi connectivity index (χ0) is 17.1. The topological polar surface area (TPSA) is 54.5 Å². The average Bonchev–Trinajstić information content (AvgIpc) is 3.02. The van der Waals surface area contributed by atoms with Crippen LogP contribution in [0.2, 0.25) is 0 Å². The fourth-order valence-corrected chi connectivity index (χ4v) is 2.51. The van der Waals surface area contributed by atoms with Gasteiger partial charge in [0, 0.05) is 25.2 Å². The summed E-state index contributed by atoms with van der Waals surface area (Å²) in [6, 6.07) is 6.54. The van der Waals surface area contributed by atoms with Crippen molar-refractivity contribution in [1.82, 2.24) is 9.88 Å². The van der Waals surface area contributed by atoms with Crippen LogP contribution in [0.1, 0.15) is 12.0 Å². The Balaban J connectivity index is 1.59. The lowest BCUT2D eigenvalue weighted by atomic mass is 10.3. The Morgan fingerprint density at radius 3 is 2.71 bits per heavy atom. The van der Waals surface area contributed by atoms with Gasteiger partial charge >= 0.3 is 6.03 Å². The lowest BCUT2D eigenvalue weighted by Crippen LogP contribution is -2.35. The molecule has 0 radical (unpaired) electrons. The van der Waals surface area contributed by atoms with Crippen molar-refractivity contribution in [3.8, 4) is 5.88 Å². The quantitative estimate of drug-likeness (QED) is 0.937. The number of ether oxygens (including phenoxy) is 1. The summed E-state index contributed by atoms with van der Waals surface area (Å²) >= 11 is 0. The molecule has 5 nitrogen and oxygen atoms in total. The van der Waals surface area contributed by atoms with E-state index in [9.17, 15) is 13.6 Å². The number of benzene rings is 1. The maximum Gasteiger partial charge on any atom is 0.322 e. The Bertz CT molecular complexity index is 717. The smallest absolute Gasteiger partial charge is 0.322 e. The molecule has 2 aromatic rings. The summed E-state index contributed by atoms with van der Waals surface area (Å²) in [5, 5.41) is 2.28. The fourth-order valence-electron chi connectivity index (χ4n) is 2.51. The van der Waals surface area contributed by atoms with Crippen LogP contribution in [0.5, 0.6) is 5.88 Å². The van der Waals surface area contributed by atoms with Crippen LogP contribution in [0.25, 0.3) is 0 Å². The number of aromatic nitrogens is 1. The van der Waals surface area contributed by atoms with Crippen molar-refractivity contribution in [3.63, 3.8) is 0 Å². The molecule has 0 saturated carbocycles. The van der Waals surface area contributed by atoms with Crippen LogP contribution in [0.4, 0.5) is 19.3 Å². The number of halogens is 2. The number of nitrogens with one attached hydrogen (secondary N) is 1. The summed E-state index contributed by atoms with van der Waals surface area (Å²) in [4.78, 5) is 17.8. The molecule has 1 N–H and O–H groups in total. The van der Waals surface area contributed by atoms with Gasteiger partial charge in [0.25, 0.3) is 0 Å². The highest BCUT2D eigenvalue weighted by atomic mass is 19.1. The molecule has 0 unspecified atom stereocenters. The Kier molecular flexibility index (Phi) is 4.59. The number of hydrogen-bond acceptors (Lipinski definition) is 3. The molecule has 1 aliphatic rings. The molecule has 3 rings (SSSR count). The second-order valence-electron chi connectivity index (χ2n) is 5.68. The van der Waals surface area contributed by atoms with E-state index < -0.39 is 23.4 Å². The van der Waals surface area contributed by atoms with Crippen molar-refractivity contribution in [2.75, 3.05) is 18.4 Å². The maximum absolute atomic E-state index is 13.6. The number of carbonyl (C=O) groups is 1. The number of nitrogens with zero attached hydrogens (tertiary/aromatic N) is 2. The largest absolute Gasteiger partial charge is 0.472 e. The predicted molar refractivity (Wildman–Crippen MR) is 85.0 cm³/mol. The number of rotatable bonds is 3. The van der Waals surface area contributed by atoms with E-state index in [4.69, 9.17) is 4.74 Å². The molecular formula is C17H17F2N3O2. The molecule has 2 amide bonds. The third-order valence-corrected chi connectivity index (χ3v) is 3.80. The molecule has 1 fully saturated rings. The number of urea groups is 1. The minimum absolute atomic E-state index is 0.198. The van der Waals surface area contributed by atoms with E-state index in [1.165, 1.54) is 11.0 Å². The van der Waals surface area contributed by atoms with Crippen LogP contribution < -0.4 is 10.1 Å². The molecular weight excluding hydrogens is 316 g/mol. The Hall–Kier alpha value is -2.70. The number of hydrogen-bond donors (Lipinski definition) is 1. The van der Waals surface area contributed by atoms with Gasteiger partial charge in [-0.15, -0.1) is 0 Å². The van der Waals surface area contributed by atoms with Gasteiger partial charge in [-0.1, -0.05) is 12.1 Å². The van der Waals surface area contributed by atoms with Crippen LogP contribution in [0, 0.1) is 18.6 Å². The Morgan fingerprint density at radius 2 is 2.04 bits per heavy atom. The molecule has 126 valence electrons. The molecule has 24 heavy (non-hydrogen) atoms. The van der Waals surface area contributed by atoms with Crippen molar-refractivity contribution in [3.05, 3.63) is 53.7 Å². The molecule has 0 aliphatic carbocycles. The number of para-hydroxylation sites is 1. The first-order valence-electron chi connectivity index (χ1n) is 7.62. The molecule has 7 heteroatoms. The van der Waals surface area contributed by atoms with E-state index in [-0.39, 0.29) is 6.10 Å². The van der Waals surface area contributed by atoms with Gasteiger partial charge in [-0.25, -0.2) is 18.6 Å². The van der Waals surface area contributed by atoms with Gasteiger partial charge in [0.1, 0.15) is 23.4 Å². The number of anilines is 1. The van der Waals surface area contributed by atoms with E-state index in [1.807, 2.05) is 13.0 Å². The average molecular weight is 333 g/mol. The van der Waals surface area contributed by atoms with Crippen LogP contribution in [0.15, 0.2) is 36.5 Å². The molecule has 1 aliphatic heterocycles. The molecule has 0 spiro atoms. The summed E-state index contributed by atoms with van der Waals surface area (Å²) in [5.74, 6) is -1.12. The monoisotopic (exact) mass is 333 g/mol. The highest BCUT2D eigenvalue weighted by Gasteiger charge is 2.28. The lowest BCUT2D eigenvalue weighted by Gasteiger charge is -2.18. The van der Waals surface area contributed by atoms with Gasteiger partial charge in [0.15, 0.2) is 0 Å². The number of amides is 2. The molecule has 2 heterocycles. The third kappa shape index (κ3) is 3.61. The second-order valence-corrected chi connectivity index (χ2v) is 5.68. The molecule has 1 atom stereocenters. The van der Waals surface area contributed by atoms with E-state index in [1.54, 1.807) is 12.3 Å². The van der Waals surface area contributed by atoms with Crippen molar-refractivity contribution in [2.24, 2.45) is 0 Å². The first kappa shape index (κ1) is 16.2. The summed E-state index contributed by atoms with van der Waals surface area (Å²) in [6.45, 7) is 2.70. The molecule has 1 aromatic carbocycles. The Labute approximate surface area is 138 Å². The summed E-state index contributed by atoms with van der Waals surface area (Å²) in [7, 11) is 0. The van der Waals surface area contributed by atoms with Gasteiger partial charge in [0.05, 0.1) is 6.54 Å². The highest BCUT2D eigenvalue weighted by molar-refractivity contribution is 5.89. The SMILES string of the molecule is Cc1ccc(O[C@H]2CCN(C(=O)Nc3c(F)cccc3F)C2)nc1. The zero-order valence-electron chi connectivity index (χ0n) is 13.1. The first-order valence-corrected chi connectivity index (χ1v) is 7.62. The predicted octanol–water partition coefficient (Wildman–Crippen LogP) is 3.35. The lowest BCUT2D eigenvalue weighted by molar-refractivity contribution is 0.190. The van der Waals surface area contributed by atoms with Crippen LogP contribution in [-0.2, 0) is 0 Å². The van der Waals surface area contributed by atoms with Crippen LogP contribution in [0.3, 0.4) is 0 Å². The standard InChI is InChI=1S/C17H17F2N3O2/c1-11-5-6-15(20-9-11)24-12-7-8-22(10-12)17(23)21-16-13(18)3-2-4-14(16)19/h2-6,9,12H,7-8,10H2,1H3,(H,21,23)/t12-/m0/s1. The van der Waals surface area contributed by atoms with E-state index >= 15 is 0 Å². The number of aryl methyl sites for hydroxylation is 1. The van der Waals surface area contributed by atoms with Gasteiger partial charge in [0.2, 0.25) is 5.88 Å². The molecule has 0 bridgehead atoms. The number of likely N-dealkylation sites (tertiary alicyclic amines) is 1. The van der Waals surface area contributed by atoms with E-state index in [2.05, 4.69) is 10.3 Å². The second kappa shape index (κ2) is 6.82. The van der Waals surface area contributed by atoms with Gasteiger partial charge in [-0.3, -0.25) is 0 Å². The minimum atomic E-state index is -0.806. The summed E-state index contributed by atoms with van der Waals surface area (Å²) in [5.41, 5.74) is 0.591.